The van der Waals surface area contributed by atoms with Crippen molar-refractivity contribution in [2.75, 3.05) is 26.2 Å². The monoisotopic (exact) mass is 677 g/mol. The number of nitrogens with one attached hydrogen (secondary N) is 1. The summed E-state index contributed by atoms with van der Waals surface area (Å²) in [6.07, 6.45) is 4.72. The van der Waals surface area contributed by atoms with Crippen LogP contribution in [0.3, 0.4) is 0 Å². The summed E-state index contributed by atoms with van der Waals surface area (Å²) in [4.78, 5) is 42.9. The molecular weight excluding hydrogens is 626 g/mol. The molecule has 2 heterocycles. The second kappa shape index (κ2) is 15.6. The van der Waals surface area contributed by atoms with E-state index in [9.17, 15) is 14.4 Å². The first kappa shape index (κ1) is 35.4. The van der Waals surface area contributed by atoms with Crippen LogP contribution in [-0.2, 0) is 27.2 Å². The summed E-state index contributed by atoms with van der Waals surface area (Å²) in [6.45, 7) is 10.6. The van der Waals surface area contributed by atoms with Crippen LogP contribution in [0.15, 0.2) is 66.2 Å². The molecule has 0 aromatic heterocycles. The maximum absolute atomic E-state index is 14.7. The van der Waals surface area contributed by atoms with E-state index < -0.39 is 5.97 Å². The number of aryl methyl sites for hydroxylation is 3. The number of rotatable bonds is 14. The van der Waals surface area contributed by atoms with Crippen molar-refractivity contribution in [2.45, 2.75) is 97.2 Å². The van der Waals surface area contributed by atoms with Crippen molar-refractivity contribution in [3.05, 3.63) is 105 Å². The molecule has 2 N–H and O–H groups in total. The molecule has 2 aliphatic heterocycles. The predicted octanol–water partition coefficient (Wildman–Crippen LogP) is 6.36. The first-order valence-electron chi connectivity index (χ1n) is 18.2. The fourth-order valence-corrected chi connectivity index (χ4v) is 7.42. The second-order valence-corrected chi connectivity index (χ2v) is 14.5. The maximum Gasteiger partial charge on any atom is 0.303 e. The number of ether oxygens (including phenoxy) is 1. The molecule has 264 valence electrons. The van der Waals surface area contributed by atoms with Crippen molar-refractivity contribution >= 4 is 23.4 Å². The van der Waals surface area contributed by atoms with Gasteiger partial charge in [0.25, 0.3) is 5.91 Å². The molecule has 3 aliphatic rings. The van der Waals surface area contributed by atoms with Crippen molar-refractivity contribution in [2.24, 2.45) is 0 Å². The number of piperazine rings is 1. The van der Waals surface area contributed by atoms with Crippen molar-refractivity contribution in [3.63, 3.8) is 0 Å². The SMILES string of the molecule is Cc1ccc(CCN(C(=O)C2=C(c3ccc(CCOc4cc(C)cc(C)c4C)cc3)C[C@@H]3CN(C(=O)CCCC(=O)O)C[C@H]2N3)C2CC2)cc1. The first-order chi connectivity index (χ1) is 24.0. The number of aliphatic carboxylic acids is 1. The van der Waals surface area contributed by atoms with Crippen LogP contribution in [0.1, 0.15) is 77.5 Å². The molecule has 0 spiro atoms. The highest BCUT2D eigenvalue weighted by molar-refractivity contribution is 6.03. The molecule has 6 rings (SSSR count). The molecule has 1 aliphatic carbocycles. The summed E-state index contributed by atoms with van der Waals surface area (Å²) >= 11 is 0. The van der Waals surface area contributed by atoms with E-state index in [1.165, 1.54) is 33.4 Å². The lowest BCUT2D eigenvalue weighted by molar-refractivity contribution is -0.138. The average molecular weight is 678 g/mol. The number of carboxylic acids is 1. The van der Waals surface area contributed by atoms with Crippen molar-refractivity contribution in [1.29, 1.82) is 0 Å². The van der Waals surface area contributed by atoms with Crippen LogP contribution in [0.4, 0.5) is 0 Å². The summed E-state index contributed by atoms with van der Waals surface area (Å²) in [5, 5.41) is 12.8. The Morgan fingerprint density at radius 3 is 2.28 bits per heavy atom. The minimum Gasteiger partial charge on any atom is -0.493 e. The normalized spacial score (nSPS) is 18.6. The number of hydrogen-bond donors (Lipinski definition) is 2. The van der Waals surface area contributed by atoms with Gasteiger partial charge in [0, 0.05) is 56.6 Å². The molecule has 8 nitrogen and oxygen atoms in total. The van der Waals surface area contributed by atoms with Crippen LogP contribution < -0.4 is 10.1 Å². The van der Waals surface area contributed by atoms with Gasteiger partial charge in [-0.3, -0.25) is 14.4 Å². The molecular formula is C42H51N3O5. The van der Waals surface area contributed by atoms with E-state index in [1.807, 2.05) is 4.90 Å². The smallest absolute Gasteiger partial charge is 0.303 e. The number of amides is 2. The summed E-state index contributed by atoms with van der Waals surface area (Å²) < 4.78 is 6.20. The van der Waals surface area contributed by atoms with Crippen LogP contribution >= 0.6 is 0 Å². The zero-order chi connectivity index (χ0) is 35.4. The lowest BCUT2D eigenvalue weighted by Gasteiger charge is -2.45. The topological polar surface area (TPSA) is 99.2 Å². The molecule has 1 saturated carbocycles. The van der Waals surface area contributed by atoms with Gasteiger partial charge in [-0.15, -0.1) is 0 Å². The summed E-state index contributed by atoms with van der Waals surface area (Å²) in [7, 11) is 0. The fourth-order valence-electron chi connectivity index (χ4n) is 7.42. The molecule has 3 aromatic carbocycles. The van der Waals surface area contributed by atoms with Gasteiger partial charge < -0.3 is 25.0 Å². The van der Waals surface area contributed by atoms with Gasteiger partial charge in [0.1, 0.15) is 5.75 Å². The molecule has 0 radical (unpaired) electrons. The van der Waals surface area contributed by atoms with Gasteiger partial charge in [-0.1, -0.05) is 60.2 Å². The van der Waals surface area contributed by atoms with Gasteiger partial charge in [0.2, 0.25) is 5.91 Å². The van der Waals surface area contributed by atoms with E-state index >= 15 is 0 Å². The molecule has 2 bridgehead atoms. The third-order valence-corrected chi connectivity index (χ3v) is 10.5. The third kappa shape index (κ3) is 8.64. The highest BCUT2D eigenvalue weighted by atomic mass is 16.5. The molecule has 3 aromatic rings. The molecule has 0 unspecified atom stereocenters. The minimum atomic E-state index is -0.892. The van der Waals surface area contributed by atoms with Gasteiger partial charge in [0.15, 0.2) is 0 Å². The van der Waals surface area contributed by atoms with E-state index in [0.717, 1.165) is 48.1 Å². The molecule has 8 heteroatoms. The van der Waals surface area contributed by atoms with Crippen molar-refractivity contribution in [1.82, 2.24) is 15.1 Å². The average Bonchev–Trinajstić information content (AvgIpc) is 3.93. The maximum atomic E-state index is 14.7. The molecule has 2 fully saturated rings. The lowest BCUT2D eigenvalue weighted by Crippen LogP contribution is -2.62. The largest absolute Gasteiger partial charge is 0.493 e. The van der Waals surface area contributed by atoms with Gasteiger partial charge in [-0.2, -0.15) is 0 Å². The van der Waals surface area contributed by atoms with E-state index in [-0.39, 0.29) is 42.8 Å². The summed E-state index contributed by atoms with van der Waals surface area (Å²) in [6, 6.07) is 21.3. The van der Waals surface area contributed by atoms with Crippen LogP contribution in [-0.4, -0.2) is 77.1 Å². The number of hydrogen-bond acceptors (Lipinski definition) is 5. The van der Waals surface area contributed by atoms with Crippen molar-refractivity contribution in [3.8, 4) is 5.75 Å². The van der Waals surface area contributed by atoms with Crippen molar-refractivity contribution < 1.29 is 24.2 Å². The van der Waals surface area contributed by atoms with Gasteiger partial charge in [-0.25, -0.2) is 0 Å². The Morgan fingerprint density at radius 2 is 1.58 bits per heavy atom. The predicted molar refractivity (Wildman–Crippen MR) is 196 cm³/mol. The Bertz CT molecular complexity index is 1740. The zero-order valence-electron chi connectivity index (χ0n) is 30.0. The van der Waals surface area contributed by atoms with Gasteiger partial charge in [-0.05, 0) is 105 Å². The quantitative estimate of drug-likeness (QED) is 0.206. The Kier molecular flexibility index (Phi) is 11.1. The summed E-state index contributed by atoms with van der Waals surface area (Å²) in [5.74, 6) is 0.0629. The molecule has 2 atom stereocenters. The standard InChI is InChI=1S/C42H51N3O5/c1-27-8-10-31(11-9-27)18-20-45(35-16-17-35)42(49)41-36(24-34-25-44(26-37(41)43-34)39(46)6-5-7-40(47)48)33-14-12-32(13-15-33)19-21-50-38-23-28(2)22-29(3)30(38)4/h8-15,22-23,34-35,37,43H,5-7,16-21,24-26H2,1-4H3,(H,47,48)/t34-,37-/m1/s1. The molecule has 50 heavy (non-hydrogen) atoms. The number of carboxylic acid groups (broad SMARTS) is 1. The lowest BCUT2D eigenvalue weighted by atomic mass is 9.82. The van der Waals surface area contributed by atoms with Gasteiger partial charge >= 0.3 is 5.97 Å². The summed E-state index contributed by atoms with van der Waals surface area (Å²) in [5.41, 5.74) is 10.1. The first-order valence-corrected chi connectivity index (χ1v) is 18.2. The Morgan fingerprint density at radius 1 is 0.880 bits per heavy atom. The highest BCUT2D eigenvalue weighted by Crippen LogP contribution is 2.37. The van der Waals surface area contributed by atoms with Crippen LogP contribution in [0.5, 0.6) is 5.75 Å². The fraction of sp³-hybridized carbons (Fsp3) is 0.452. The molecule has 2 amide bonds. The number of carbonyl (C=O) groups excluding carboxylic acids is 2. The van der Waals surface area contributed by atoms with Crippen LogP contribution in [0.2, 0.25) is 0 Å². The van der Waals surface area contributed by atoms with Gasteiger partial charge in [0.05, 0.1) is 12.6 Å². The van der Waals surface area contributed by atoms with E-state index in [0.29, 0.717) is 39.1 Å². The zero-order valence-corrected chi connectivity index (χ0v) is 30.0. The molecule has 1 saturated heterocycles. The highest BCUT2D eigenvalue weighted by Gasteiger charge is 2.43. The Balaban J connectivity index is 1.23. The van der Waals surface area contributed by atoms with E-state index in [4.69, 9.17) is 9.84 Å². The minimum absolute atomic E-state index is 0.0137. The second-order valence-electron chi connectivity index (χ2n) is 14.5. The number of carbonyl (C=O) groups is 3. The van der Waals surface area contributed by atoms with Crippen LogP contribution in [0.25, 0.3) is 5.57 Å². The van der Waals surface area contributed by atoms with E-state index in [1.54, 1.807) is 0 Å². The Hall–Kier alpha value is -4.43. The van der Waals surface area contributed by atoms with E-state index in [2.05, 4.69) is 98.6 Å². The Labute approximate surface area is 296 Å². The number of nitrogens with zero attached hydrogens (tertiary/aromatic N) is 2. The number of fused-ring (bicyclic) bond motifs is 2. The van der Waals surface area contributed by atoms with Crippen LogP contribution in [0, 0.1) is 27.7 Å². The number of benzene rings is 3. The third-order valence-electron chi connectivity index (χ3n) is 10.5.